The number of nitrogens with one attached hydrogen (secondary N) is 1. The van der Waals surface area contributed by atoms with Crippen LogP contribution < -0.4 is 5.32 Å². The molecule has 4 nitrogen and oxygen atoms in total. The van der Waals surface area contributed by atoms with E-state index in [1.165, 1.54) is 12.8 Å². The molecule has 1 spiro atoms. The number of nitrogens with zero attached hydrogens (tertiary/aromatic N) is 2. The smallest absolute Gasteiger partial charge is 0.142 e. The number of piperidine rings is 1. The molecule has 1 aliphatic heterocycles. The van der Waals surface area contributed by atoms with Crippen molar-refractivity contribution in [3.8, 4) is 0 Å². The molecule has 0 radical (unpaired) electrons. The van der Waals surface area contributed by atoms with Gasteiger partial charge in [0.25, 0.3) is 0 Å². The lowest BCUT2D eigenvalue weighted by Crippen LogP contribution is -2.31. The number of rotatable bonds is 4. The SMILES string of the molecule is CC(C)n1ccc(CC(=O)C2CC23CCNCC3)n1. The minimum atomic E-state index is 0.304. The summed E-state index contributed by atoms with van der Waals surface area (Å²) >= 11 is 0. The van der Waals surface area contributed by atoms with E-state index < -0.39 is 0 Å². The first-order valence-corrected chi connectivity index (χ1v) is 7.38. The fraction of sp³-hybridized carbons (Fsp3) is 0.733. The number of Topliss-reactive ketones (excluding diaryl/α,β-unsaturated/α-hetero) is 1. The van der Waals surface area contributed by atoms with Crippen LogP contribution >= 0.6 is 0 Å². The highest BCUT2D eigenvalue weighted by molar-refractivity contribution is 5.86. The molecule has 1 aliphatic carbocycles. The molecule has 1 atom stereocenters. The molecule has 2 heterocycles. The lowest BCUT2D eigenvalue weighted by atomic mass is 9.90. The van der Waals surface area contributed by atoms with Crippen LogP contribution in [0.5, 0.6) is 0 Å². The molecule has 0 aromatic carbocycles. The quantitative estimate of drug-likeness (QED) is 0.901. The number of hydrogen-bond acceptors (Lipinski definition) is 3. The van der Waals surface area contributed by atoms with Crippen LogP contribution in [0.2, 0.25) is 0 Å². The number of aromatic nitrogens is 2. The van der Waals surface area contributed by atoms with Crippen LogP contribution in [-0.4, -0.2) is 28.7 Å². The number of carbonyl (C=O) groups excluding carboxylic acids is 1. The van der Waals surface area contributed by atoms with Gasteiger partial charge in [-0.2, -0.15) is 5.10 Å². The molecule has 1 unspecified atom stereocenters. The summed E-state index contributed by atoms with van der Waals surface area (Å²) in [5, 5.41) is 7.86. The van der Waals surface area contributed by atoms with Crippen molar-refractivity contribution in [2.24, 2.45) is 11.3 Å². The van der Waals surface area contributed by atoms with Gasteiger partial charge in [-0.25, -0.2) is 0 Å². The Bertz CT molecular complexity index is 471. The predicted molar refractivity (Wildman–Crippen MR) is 74.0 cm³/mol. The Balaban J connectivity index is 1.60. The second-order valence-corrected chi connectivity index (χ2v) is 6.39. The van der Waals surface area contributed by atoms with Crippen molar-refractivity contribution >= 4 is 5.78 Å². The van der Waals surface area contributed by atoms with Crippen LogP contribution in [0, 0.1) is 11.3 Å². The van der Waals surface area contributed by atoms with Crippen LogP contribution in [0.1, 0.15) is 44.8 Å². The summed E-state index contributed by atoms with van der Waals surface area (Å²) in [5.74, 6) is 0.703. The van der Waals surface area contributed by atoms with Crippen molar-refractivity contribution < 1.29 is 4.79 Å². The highest BCUT2D eigenvalue weighted by Gasteiger charge is 2.56. The zero-order valence-electron chi connectivity index (χ0n) is 11.9. The molecule has 1 N–H and O–H groups in total. The summed E-state index contributed by atoms with van der Waals surface area (Å²) in [6.45, 7) is 6.35. The average molecular weight is 261 g/mol. The lowest BCUT2D eigenvalue weighted by molar-refractivity contribution is -0.120. The molecule has 1 saturated carbocycles. The van der Waals surface area contributed by atoms with Crippen LogP contribution in [0.3, 0.4) is 0 Å². The van der Waals surface area contributed by atoms with Gasteiger partial charge >= 0.3 is 0 Å². The molecule has 2 aliphatic rings. The minimum absolute atomic E-state index is 0.304. The van der Waals surface area contributed by atoms with E-state index in [1.54, 1.807) is 0 Å². The summed E-state index contributed by atoms with van der Waals surface area (Å²) in [4.78, 5) is 12.4. The normalized spacial score (nSPS) is 24.9. The van der Waals surface area contributed by atoms with Gasteiger partial charge in [-0.05, 0) is 57.7 Å². The van der Waals surface area contributed by atoms with Crippen molar-refractivity contribution in [3.05, 3.63) is 18.0 Å². The van der Waals surface area contributed by atoms with Gasteiger partial charge in [0.1, 0.15) is 5.78 Å². The van der Waals surface area contributed by atoms with Gasteiger partial charge in [-0.15, -0.1) is 0 Å². The molecule has 0 bridgehead atoms. The Morgan fingerprint density at radius 2 is 2.26 bits per heavy atom. The largest absolute Gasteiger partial charge is 0.317 e. The first-order chi connectivity index (χ1) is 9.11. The average Bonchev–Trinajstić information content (AvgIpc) is 2.86. The van der Waals surface area contributed by atoms with Gasteiger partial charge in [0, 0.05) is 18.2 Å². The van der Waals surface area contributed by atoms with Crippen LogP contribution in [0.4, 0.5) is 0 Å². The Morgan fingerprint density at radius 3 is 2.89 bits per heavy atom. The Labute approximate surface area is 114 Å². The molecule has 1 aromatic heterocycles. The van der Waals surface area contributed by atoms with Crippen molar-refractivity contribution in [1.82, 2.24) is 15.1 Å². The van der Waals surface area contributed by atoms with Gasteiger partial charge in [0.2, 0.25) is 0 Å². The second kappa shape index (κ2) is 4.75. The van der Waals surface area contributed by atoms with Crippen LogP contribution in [-0.2, 0) is 11.2 Å². The highest BCUT2D eigenvalue weighted by atomic mass is 16.1. The molecule has 104 valence electrons. The molecular formula is C15H23N3O. The molecule has 1 saturated heterocycles. The topological polar surface area (TPSA) is 46.9 Å². The zero-order chi connectivity index (χ0) is 13.5. The third kappa shape index (κ3) is 2.46. The lowest BCUT2D eigenvalue weighted by Gasteiger charge is -2.23. The number of carbonyl (C=O) groups is 1. The number of hydrogen-bond donors (Lipinski definition) is 1. The highest BCUT2D eigenvalue weighted by Crippen LogP contribution is 2.59. The molecule has 3 rings (SSSR count). The van der Waals surface area contributed by atoms with E-state index in [1.807, 2.05) is 16.9 Å². The van der Waals surface area contributed by atoms with Gasteiger partial charge < -0.3 is 5.32 Å². The minimum Gasteiger partial charge on any atom is -0.317 e. The van der Waals surface area contributed by atoms with Gasteiger partial charge in [0.05, 0.1) is 12.1 Å². The second-order valence-electron chi connectivity index (χ2n) is 6.39. The van der Waals surface area contributed by atoms with Crippen molar-refractivity contribution in [1.29, 1.82) is 0 Å². The third-order valence-corrected chi connectivity index (χ3v) is 4.73. The molecule has 0 amide bonds. The summed E-state index contributed by atoms with van der Waals surface area (Å²) in [6.07, 6.45) is 5.94. The van der Waals surface area contributed by atoms with E-state index in [0.29, 0.717) is 29.6 Å². The van der Waals surface area contributed by atoms with E-state index in [2.05, 4.69) is 24.3 Å². The Kier molecular flexibility index (Phi) is 3.21. The van der Waals surface area contributed by atoms with E-state index in [0.717, 1.165) is 25.2 Å². The maximum atomic E-state index is 12.4. The molecule has 4 heteroatoms. The zero-order valence-corrected chi connectivity index (χ0v) is 11.9. The maximum absolute atomic E-state index is 12.4. The standard InChI is InChI=1S/C15H23N3O/c1-11(2)18-8-3-12(17-18)9-14(19)13-10-15(13)4-6-16-7-5-15/h3,8,11,13,16H,4-7,9-10H2,1-2H3. The maximum Gasteiger partial charge on any atom is 0.142 e. The van der Waals surface area contributed by atoms with E-state index >= 15 is 0 Å². The predicted octanol–water partition coefficient (Wildman–Crippen LogP) is 1.97. The molecule has 19 heavy (non-hydrogen) atoms. The van der Waals surface area contributed by atoms with Crippen LogP contribution in [0.15, 0.2) is 12.3 Å². The van der Waals surface area contributed by atoms with E-state index in [4.69, 9.17) is 0 Å². The van der Waals surface area contributed by atoms with Crippen molar-refractivity contribution in [2.45, 2.75) is 45.6 Å². The van der Waals surface area contributed by atoms with E-state index in [-0.39, 0.29) is 0 Å². The monoisotopic (exact) mass is 261 g/mol. The Morgan fingerprint density at radius 1 is 1.53 bits per heavy atom. The molecular weight excluding hydrogens is 238 g/mol. The third-order valence-electron chi connectivity index (χ3n) is 4.73. The summed E-state index contributed by atoms with van der Waals surface area (Å²) < 4.78 is 1.93. The van der Waals surface area contributed by atoms with Gasteiger partial charge in [-0.1, -0.05) is 0 Å². The molecule has 1 aromatic rings. The van der Waals surface area contributed by atoms with Gasteiger partial charge in [-0.3, -0.25) is 9.48 Å². The summed E-state index contributed by atoms with van der Waals surface area (Å²) in [6, 6.07) is 2.34. The van der Waals surface area contributed by atoms with Crippen LogP contribution in [0.25, 0.3) is 0 Å². The van der Waals surface area contributed by atoms with Crippen molar-refractivity contribution in [3.63, 3.8) is 0 Å². The van der Waals surface area contributed by atoms with Gasteiger partial charge in [0.15, 0.2) is 0 Å². The van der Waals surface area contributed by atoms with Crippen molar-refractivity contribution in [2.75, 3.05) is 13.1 Å². The first kappa shape index (κ1) is 12.9. The first-order valence-electron chi connectivity index (χ1n) is 7.38. The van der Waals surface area contributed by atoms with E-state index in [9.17, 15) is 4.79 Å². The summed E-state index contributed by atoms with van der Waals surface area (Å²) in [5.41, 5.74) is 1.28. The fourth-order valence-electron chi connectivity index (χ4n) is 3.34. The fourth-order valence-corrected chi connectivity index (χ4v) is 3.34. The number of ketones is 1. The molecule has 2 fully saturated rings. The Hall–Kier alpha value is -1.16. The summed E-state index contributed by atoms with van der Waals surface area (Å²) in [7, 11) is 0.